The summed E-state index contributed by atoms with van der Waals surface area (Å²) in [4.78, 5) is 19.0. The molecule has 0 spiro atoms. The minimum Gasteiger partial charge on any atom is -0.443 e. The summed E-state index contributed by atoms with van der Waals surface area (Å²) in [7, 11) is 0. The molecule has 1 fully saturated rings. The van der Waals surface area contributed by atoms with Crippen LogP contribution in [0.25, 0.3) is 0 Å². The van der Waals surface area contributed by atoms with Crippen LogP contribution in [0.5, 0.6) is 0 Å². The number of carbonyl (C=O) groups excluding carboxylic acids is 1. The highest BCUT2D eigenvalue weighted by Gasteiger charge is 2.32. The van der Waals surface area contributed by atoms with E-state index < -0.39 is 0 Å². The van der Waals surface area contributed by atoms with Crippen LogP contribution in [0.2, 0.25) is 0 Å². The molecule has 1 aromatic carbocycles. The molecule has 1 aliphatic rings. The Morgan fingerprint density at radius 1 is 1.26 bits per heavy atom. The van der Waals surface area contributed by atoms with Crippen LogP contribution >= 0.6 is 0 Å². The first-order valence-corrected chi connectivity index (χ1v) is 8.98. The highest BCUT2D eigenvalue weighted by atomic mass is 19.1. The topological polar surface area (TPSA) is 72.1 Å². The van der Waals surface area contributed by atoms with Gasteiger partial charge in [-0.1, -0.05) is 12.1 Å². The quantitative estimate of drug-likeness (QED) is 0.706. The first-order valence-electron chi connectivity index (χ1n) is 8.98. The molecular formula is C20H19FN4O2. The Morgan fingerprint density at radius 3 is 3.00 bits per heavy atom. The fourth-order valence-electron chi connectivity index (χ4n) is 3.40. The number of amides is 1. The van der Waals surface area contributed by atoms with Gasteiger partial charge < -0.3 is 9.32 Å². The molecule has 0 bridgehead atoms. The van der Waals surface area contributed by atoms with Crippen LogP contribution in [0.3, 0.4) is 0 Å². The number of hydrogen-bond acceptors (Lipinski definition) is 5. The van der Waals surface area contributed by atoms with Crippen molar-refractivity contribution in [1.29, 1.82) is 0 Å². The average molecular weight is 366 g/mol. The van der Waals surface area contributed by atoms with Crippen molar-refractivity contribution in [3.05, 3.63) is 77.5 Å². The average Bonchev–Trinajstić information content (AvgIpc) is 3.16. The Bertz CT molecular complexity index is 928. The van der Waals surface area contributed by atoms with Gasteiger partial charge in [0.2, 0.25) is 5.89 Å². The number of aromatic nitrogens is 3. The summed E-state index contributed by atoms with van der Waals surface area (Å²) in [5.41, 5.74) is 1.13. The number of piperidine rings is 1. The molecule has 1 amide bonds. The maximum Gasteiger partial charge on any atom is 0.275 e. The van der Waals surface area contributed by atoms with E-state index in [0.717, 1.165) is 24.8 Å². The third-order valence-electron chi connectivity index (χ3n) is 4.68. The van der Waals surface area contributed by atoms with E-state index in [1.807, 2.05) is 6.07 Å². The van der Waals surface area contributed by atoms with Crippen molar-refractivity contribution in [1.82, 2.24) is 20.1 Å². The zero-order valence-electron chi connectivity index (χ0n) is 14.7. The zero-order chi connectivity index (χ0) is 18.6. The van der Waals surface area contributed by atoms with Gasteiger partial charge in [-0.05, 0) is 49.1 Å². The normalized spacial score (nSPS) is 17.1. The lowest BCUT2D eigenvalue weighted by Crippen LogP contribution is -2.39. The molecule has 0 unspecified atom stereocenters. The van der Waals surface area contributed by atoms with Crippen molar-refractivity contribution < 1.29 is 13.6 Å². The summed E-state index contributed by atoms with van der Waals surface area (Å²) in [5, 5.41) is 7.71. The van der Waals surface area contributed by atoms with Crippen molar-refractivity contribution in [2.75, 3.05) is 6.54 Å². The molecule has 138 valence electrons. The van der Waals surface area contributed by atoms with E-state index >= 15 is 0 Å². The third kappa shape index (κ3) is 3.86. The molecule has 4 rings (SSSR count). The number of oxazole rings is 1. The van der Waals surface area contributed by atoms with E-state index in [4.69, 9.17) is 4.42 Å². The van der Waals surface area contributed by atoms with Gasteiger partial charge in [-0.3, -0.25) is 4.79 Å². The number of rotatable bonds is 4. The maximum absolute atomic E-state index is 13.4. The first-order chi connectivity index (χ1) is 13.2. The molecule has 0 saturated carbocycles. The van der Waals surface area contributed by atoms with Crippen LogP contribution in [0.1, 0.15) is 53.0 Å². The van der Waals surface area contributed by atoms with Crippen molar-refractivity contribution >= 4 is 5.91 Å². The molecule has 3 aromatic rings. The zero-order valence-corrected chi connectivity index (χ0v) is 14.7. The lowest BCUT2D eigenvalue weighted by Gasteiger charge is -2.33. The molecule has 27 heavy (non-hydrogen) atoms. The van der Waals surface area contributed by atoms with E-state index in [1.54, 1.807) is 29.3 Å². The van der Waals surface area contributed by atoms with Gasteiger partial charge in [0, 0.05) is 19.2 Å². The molecule has 0 N–H and O–H groups in total. The maximum atomic E-state index is 13.4. The van der Waals surface area contributed by atoms with Gasteiger partial charge in [0.15, 0.2) is 5.69 Å². The minimum absolute atomic E-state index is 0.169. The van der Waals surface area contributed by atoms with E-state index in [1.165, 1.54) is 18.3 Å². The summed E-state index contributed by atoms with van der Waals surface area (Å²) < 4.78 is 19.3. The molecule has 0 aliphatic carbocycles. The first kappa shape index (κ1) is 17.3. The number of halogens is 1. The van der Waals surface area contributed by atoms with Crippen LogP contribution < -0.4 is 0 Å². The Morgan fingerprint density at radius 2 is 2.19 bits per heavy atom. The number of carbonyl (C=O) groups is 1. The summed E-state index contributed by atoms with van der Waals surface area (Å²) in [6.45, 7) is 0.627. The fourth-order valence-corrected chi connectivity index (χ4v) is 3.40. The third-order valence-corrected chi connectivity index (χ3v) is 4.68. The highest BCUT2D eigenvalue weighted by Crippen LogP contribution is 2.32. The van der Waals surface area contributed by atoms with Gasteiger partial charge >= 0.3 is 0 Å². The van der Waals surface area contributed by atoms with Crippen LogP contribution in [0, 0.1) is 5.82 Å². The van der Waals surface area contributed by atoms with Crippen LogP contribution in [0.4, 0.5) is 4.39 Å². The fraction of sp³-hybridized carbons (Fsp3) is 0.300. The molecule has 2 aromatic heterocycles. The van der Waals surface area contributed by atoms with Crippen LogP contribution in [-0.2, 0) is 6.42 Å². The second-order valence-corrected chi connectivity index (χ2v) is 6.59. The predicted octanol–water partition coefficient (Wildman–Crippen LogP) is 3.56. The number of benzene rings is 1. The van der Waals surface area contributed by atoms with Gasteiger partial charge in [0.1, 0.15) is 17.6 Å². The van der Waals surface area contributed by atoms with Crippen LogP contribution in [0.15, 0.2) is 53.2 Å². The molecule has 1 atom stereocenters. The van der Waals surface area contributed by atoms with Crippen molar-refractivity contribution in [3.63, 3.8) is 0 Å². The smallest absolute Gasteiger partial charge is 0.275 e. The van der Waals surface area contributed by atoms with E-state index in [0.29, 0.717) is 30.3 Å². The Balaban J connectivity index is 1.54. The molecule has 1 saturated heterocycles. The lowest BCUT2D eigenvalue weighted by molar-refractivity contribution is 0.0562. The van der Waals surface area contributed by atoms with E-state index in [2.05, 4.69) is 15.2 Å². The molecule has 3 heterocycles. The van der Waals surface area contributed by atoms with Crippen LogP contribution in [-0.4, -0.2) is 32.5 Å². The van der Waals surface area contributed by atoms with Gasteiger partial charge in [-0.15, -0.1) is 5.10 Å². The predicted molar refractivity (Wildman–Crippen MR) is 95.4 cm³/mol. The Kier molecular flexibility index (Phi) is 4.91. The molecular weight excluding hydrogens is 347 g/mol. The largest absolute Gasteiger partial charge is 0.443 e. The number of likely N-dealkylation sites (tertiary alicyclic amines) is 1. The second-order valence-electron chi connectivity index (χ2n) is 6.59. The molecule has 1 aliphatic heterocycles. The van der Waals surface area contributed by atoms with Crippen molar-refractivity contribution in [2.24, 2.45) is 0 Å². The molecule has 0 radical (unpaired) electrons. The summed E-state index contributed by atoms with van der Waals surface area (Å²) in [5.74, 6) is 0.712. The molecule has 6 nitrogen and oxygen atoms in total. The summed E-state index contributed by atoms with van der Waals surface area (Å²) in [6.07, 6.45) is 6.36. The number of nitrogens with zero attached hydrogens (tertiary/aromatic N) is 4. The van der Waals surface area contributed by atoms with E-state index in [9.17, 15) is 9.18 Å². The lowest BCUT2D eigenvalue weighted by atomic mass is 10.0. The molecule has 7 heteroatoms. The van der Waals surface area contributed by atoms with Gasteiger partial charge in [0.25, 0.3) is 5.91 Å². The van der Waals surface area contributed by atoms with Crippen molar-refractivity contribution in [3.8, 4) is 0 Å². The standard InChI is InChI=1S/C20H19FN4O2/c21-15-6-3-5-14(11-15)12-16-13-22-19(27-16)18-8-1-2-10-25(18)20(26)17-7-4-9-23-24-17/h3-7,9,11,13,18H,1-2,8,10,12H2/t18-/m0/s1. The van der Waals surface area contributed by atoms with Gasteiger partial charge in [0.05, 0.1) is 6.20 Å². The monoisotopic (exact) mass is 366 g/mol. The van der Waals surface area contributed by atoms with Gasteiger partial charge in [-0.2, -0.15) is 5.10 Å². The van der Waals surface area contributed by atoms with Gasteiger partial charge in [-0.25, -0.2) is 9.37 Å². The second kappa shape index (κ2) is 7.65. The Hall–Kier alpha value is -3.09. The Labute approximate surface area is 156 Å². The minimum atomic E-state index is -0.278. The highest BCUT2D eigenvalue weighted by molar-refractivity contribution is 5.92. The van der Waals surface area contributed by atoms with E-state index in [-0.39, 0.29) is 17.8 Å². The SMILES string of the molecule is O=C(c1cccnn1)N1CCCC[C@H]1c1ncc(Cc2cccc(F)c2)o1. The van der Waals surface area contributed by atoms with Crippen molar-refractivity contribution in [2.45, 2.75) is 31.7 Å². The summed E-state index contributed by atoms with van der Waals surface area (Å²) in [6, 6.07) is 9.53. The number of hydrogen-bond donors (Lipinski definition) is 0. The summed E-state index contributed by atoms with van der Waals surface area (Å²) >= 11 is 0.